The topological polar surface area (TPSA) is 141 Å². The molecule has 36 heavy (non-hydrogen) atoms. The number of rotatable bonds is 9. The SMILES string of the molecule is COc1cccc(CNC(=O)c2cc(-c3nnn(CC4CCC(NS(C)(=O)=O)CC4)n3)cc(C)n2)c1. The number of carbonyl (C=O) groups excluding carboxylic acids is 1. The van der Waals surface area contributed by atoms with Crippen LogP contribution in [0.2, 0.25) is 0 Å². The molecule has 192 valence electrons. The molecule has 1 aromatic carbocycles. The van der Waals surface area contributed by atoms with Crippen molar-refractivity contribution >= 4 is 15.9 Å². The number of nitrogens with one attached hydrogen (secondary N) is 2. The van der Waals surface area contributed by atoms with E-state index in [-0.39, 0.29) is 17.6 Å². The van der Waals surface area contributed by atoms with Gasteiger partial charge in [-0.1, -0.05) is 12.1 Å². The van der Waals surface area contributed by atoms with Gasteiger partial charge in [0.25, 0.3) is 5.91 Å². The highest BCUT2D eigenvalue weighted by Gasteiger charge is 2.24. The lowest BCUT2D eigenvalue weighted by Gasteiger charge is -2.27. The number of aromatic nitrogens is 5. The summed E-state index contributed by atoms with van der Waals surface area (Å²) in [5.41, 5.74) is 2.54. The van der Waals surface area contributed by atoms with Crippen molar-refractivity contribution < 1.29 is 17.9 Å². The maximum absolute atomic E-state index is 12.8. The largest absolute Gasteiger partial charge is 0.497 e. The molecule has 11 nitrogen and oxygen atoms in total. The summed E-state index contributed by atoms with van der Waals surface area (Å²) in [6.45, 7) is 2.77. The normalized spacial score (nSPS) is 18.1. The fraction of sp³-hybridized carbons (Fsp3) is 0.458. The Morgan fingerprint density at radius 1 is 1.17 bits per heavy atom. The van der Waals surface area contributed by atoms with Crippen molar-refractivity contribution in [2.24, 2.45) is 5.92 Å². The van der Waals surface area contributed by atoms with Gasteiger partial charge in [0.15, 0.2) is 0 Å². The van der Waals surface area contributed by atoms with Gasteiger partial charge in [-0.25, -0.2) is 18.1 Å². The quantitative estimate of drug-likeness (QED) is 0.443. The molecule has 0 spiro atoms. The fourth-order valence-corrected chi connectivity index (χ4v) is 5.24. The van der Waals surface area contributed by atoms with E-state index in [2.05, 4.69) is 30.4 Å². The number of hydrogen-bond donors (Lipinski definition) is 2. The molecule has 0 radical (unpaired) electrons. The molecule has 0 unspecified atom stereocenters. The van der Waals surface area contributed by atoms with E-state index >= 15 is 0 Å². The Morgan fingerprint density at radius 3 is 2.67 bits per heavy atom. The highest BCUT2D eigenvalue weighted by molar-refractivity contribution is 7.88. The van der Waals surface area contributed by atoms with E-state index in [1.807, 2.05) is 37.3 Å². The van der Waals surface area contributed by atoms with Crippen LogP contribution in [0.4, 0.5) is 0 Å². The molecule has 0 atom stereocenters. The average Bonchev–Trinajstić information content (AvgIpc) is 3.31. The summed E-state index contributed by atoms with van der Waals surface area (Å²) in [4.78, 5) is 18.7. The van der Waals surface area contributed by atoms with E-state index in [9.17, 15) is 13.2 Å². The Kier molecular flexibility index (Phi) is 7.94. The van der Waals surface area contributed by atoms with Crippen LogP contribution in [-0.4, -0.2) is 58.9 Å². The number of sulfonamides is 1. The van der Waals surface area contributed by atoms with Crippen LogP contribution in [0.25, 0.3) is 11.4 Å². The molecular weight excluding hydrogens is 482 g/mol. The molecule has 1 fully saturated rings. The van der Waals surface area contributed by atoms with E-state index < -0.39 is 10.0 Å². The van der Waals surface area contributed by atoms with Crippen LogP contribution in [0.1, 0.15) is 47.4 Å². The van der Waals surface area contributed by atoms with Gasteiger partial charge in [0, 0.05) is 23.8 Å². The van der Waals surface area contributed by atoms with E-state index in [4.69, 9.17) is 4.74 Å². The van der Waals surface area contributed by atoms with Gasteiger partial charge in [-0.15, -0.1) is 10.2 Å². The second kappa shape index (κ2) is 11.1. The number of hydrogen-bond acceptors (Lipinski definition) is 8. The summed E-state index contributed by atoms with van der Waals surface area (Å²) < 4.78 is 30.8. The van der Waals surface area contributed by atoms with Crippen molar-refractivity contribution in [1.82, 2.24) is 35.2 Å². The lowest BCUT2D eigenvalue weighted by atomic mass is 9.86. The van der Waals surface area contributed by atoms with Crippen LogP contribution in [0.5, 0.6) is 5.75 Å². The van der Waals surface area contributed by atoms with Gasteiger partial charge in [0.05, 0.1) is 19.9 Å². The van der Waals surface area contributed by atoms with Gasteiger partial charge < -0.3 is 10.1 Å². The molecule has 1 aliphatic carbocycles. The monoisotopic (exact) mass is 513 g/mol. The molecule has 0 saturated heterocycles. The third-order valence-corrected chi connectivity index (χ3v) is 6.89. The molecule has 12 heteroatoms. The maximum atomic E-state index is 12.8. The van der Waals surface area contributed by atoms with Crippen molar-refractivity contribution in [1.29, 1.82) is 0 Å². The van der Waals surface area contributed by atoms with Gasteiger partial charge in [0.2, 0.25) is 15.8 Å². The average molecular weight is 514 g/mol. The summed E-state index contributed by atoms with van der Waals surface area (Å²) in [5.74, 6) is 1.21. The standard InChI is InChI=1S/C24H31N7O4S/c1-16-11-19(13-22(26-16)24(32)25-14-18-5-4-6-21(12-18)35-2)23-27-30-31(28-23)15-17-7-9-20(10-8-17)29-36(3,33)34/h4-6,11-13,17,20,29H,7-10,14-15H2,1-3H3,(H,25,32). The first-order valence-corrected chi connectivity index (χ1v) is 13.7. The minimum absolute atomic E-state index is 0.0104. The molecule has 2 N–H and O–H groups in total. The first-order valence-electron chi connectivity index (χ1n) is 11.8. The number of pyridine rings is 1. The lowest BCUT2D eigenvalue weighted by Crippen LogP contribution is -2.37. The Hall–Kier alpha value is -3.38. The van der Waals surface area contributed by atoms with Crippen LogP contribution in [-0.2, 0) is 23.1 Å². The molecular formula is C24H31N7O4S. The highest BCUT2D eigenvalue weighted by atomic mass is 32.2. The second-order valence-electron chi connectivity index (χ2n) is 9.19. The number of methoxy groups -OCH3 is 1. The summed E-state index contributed by atoms with van der Waals surface area (Å²) in [6.07, 6.45) is 4.54. The molecule has 2 heterocycles. The minimum Gasteiger partial charge on any atom is -0.497 e. The van der Waals surface area contributed by atoms with Gasteiger partial charge in [0.1, 0.15) is 11.4 Å². The van der Waals surface area contributed by atoms with Crippen LogP contribution in [0.15, 0.2) is 36.4 Å². The highest BCUT2D eigenvalue weighted by Crippen LogP contribution is 2.26. The summed E-state index contributed by atoms with van der Waals surface area (Å²) in [7, 11) is -1.59. The third kappa shape index (κ3) is 7.08. The molecule has 2 aromatic heterocycles. The smallest absolute Gasteiger partial charge is 0.270 e. The Balaban J connectivity index is 1.37. The molecule has 1 amide bonds. The number of amides is 1. The number of aryl methyl sites for hydroxylation is 1. The van der Waals surface area contributed by atoms with E-state index in [0.717, 1.165) is 37.0 Å². The predicted molar refractivity (Wildman–Crippen MR) is 134 cm³/mol. The molecule has 3 aromatic rings. The van der Waals surface area contributed by atoms with Crippen molar-refractivity contribution in [3.63, 3.8) is 0 Å². The zero-order chi connectivity index (χ0) is 25.7. The van der Waals surface area contributed by atoms with Crippen LogP contribution >= 0.6 is 0 Å². The van der Waals surface area contributed by atoms with E-state index in [1.54, 1.807) is 18.0 Å². The third-order valence-electron chi connectivity index (χ3n) is 6.13. The second-order valence-corrected chi connectivity index (χ2v) is 11.0. The predicted octanol–water partition coefficient (Wildman–Crippen LogP) is 2.09. The van der Waals surface area contributed by atoms with Crippen LogP contribution < -0.4 is 14.8 Å². The van der Waals surface area contributed by atoms with Crippen LogP contribution in [0, 0.1) is 12.8 Å². The number of benzene rings is 1. The summed E-state index contributed by atoms with van der Waals surface area (Å²) in [5, 5.41) is 15.8. The number of ether oxygens (including phenoxy) is 1. The summed E-state index contributed by atoms with van der Waals surface area (Å²) in [6, 6.07) is 11.0. The maximum Gasteiger partial charge on any atom is 0.270 e. The van der Waals surface area contributed by atoms with Crippen molar-refractivity contribution in [3.8, 4) is 17.1 Å². The van der Waals surface area contributed by atoms with Crippen molar-refractivity contribution in [2.75, 3.05) is 13.4 Å². The minimum atomic E-state index is -3.19. The molecule has 0 bridgehead atoms. The van der Waals surface area contributed by atoms with Crippen LogP contribution in [0.3, 0.4) is 0 Å². The van der Waals surface area contributed by atoms with Gasteiger partial charge in [-0.3, -0.25) is 4.79 Å². The fourth-order valence-electron chi connectivity index (χ4n) is 4.40. The van der Waals surface area contributed by atoms with Crippen molar-refractivity contribution in [2.45, 2.75) is 51.7 Å². The zero-order valence-corrected chi connectivity index (χ0v) is 21.5. The molecule has 4 rings (SSSR count). The van der Waals surface area contributed by atoms with Crippen molar-refractivity contribution in [3.05, 3.63) is 53.3 Å². The molecule has 1 aliphatic rings. The first kappa shape index (κ1) is 25.7. The lowest BCUT2D eigenvalue weighted by molar-refractivity contribution is 0.0945. The Labute approximate surface area is 210 Å². The molecule has 1 saturated carbocycles. The van der Waals surface area contributed by atoms with Gasteiger partial charge in [-0.05, 0) is 73.6 Å². The zero-order valence-electron chi connectivity index (χ0n) is 20.6. The number of carbonyl (C=O) groups is 1. The first-order chi connectivity index (χ1) is 17.2. The Morgan fingerprint density at radius 2 is 1.94 bits per heavy atom. The van der Waals surface area contributed by atoms with E-state index in [0.29, 0.717) is 36.1 Å². The van der Waals surface area contributed by atoms with Gasteiger partial charge >= 0.3 is 0 Å². The van der Waals surface area contributed by atoms with Gasteiger partial charge in [-0.2, -0.15) is 4.80 Å². The number of nitrogens with zero attached hydrogens (tertiary/aromatic N) is 5. The summed E-state index contributed by atoms with van der Waals surface area (Å²) >= 11 is 0. The van der Waals surface area contributed by atoms with E-state index in [1.165, 1.54) is 6.26 Å². The number of tetrazole rings is 1. The Bertz CT molecular complexity index is 1320. The molecule has 0 aliphatic heterocycles.